The molecule has 0 atom stereocenters. The minimum Gasteiger partial charge on any atom is -0.469 e. The van der Waals surface area contributed by atoms with Crippen LogP contribution in [0.3, 0.4) is 0 Å². The number of para-hydroxylation sites is 1. The lowest BCUT2D eigenvalue weighted by Crippen LogP contribution is -2.05. The Morgan fingerprint density at radius 2 is 1.89 bits per heavy atom. The minimum atomic E-state index is 0.0273. The van der Waals surface area contributed by atoms with Gasteiger partial charge in [-0.1, -0.05) is 30.0 Å². The van der Waals surface area contributed by atoms with E-state index in [1.54, 1.807) is 12.3 Å². The minimum absolute atomic E-state index is 0.0273. The highest BCUT2D eigenvalue weighted by atomic mass is 32.2. The van der Waals surface area contributed by atoms with Crippen molar-refractivity contribution in [3.8, 4) is 17.1 Å². The number of hydrogen-bond acceptors (Lipinski definition) is 6. The predicted octanol–water partition coefficient (Wildman–Crippen LogP) is 5.02. The largest absolute Gasteiger partial charge is 0.469 e. The van der Waals surface area contributed by atoms with Crippen LogP contribution < -0.4 is 0 Å². The Balaban J connectivity index is 1.49. The summed E-state index contributed by atoms with van der Waals surface area (Å²) in [6.07, 6.45) is 1.58. The third-order valence-electron chi connectivity index (χ3n) is 4.57. The molecule has 0 unspecified atom stereocenters. The van der Waals surface area contributed by atoms with Crippen molar-refractivity contribution >= 4 is 17.5 Å². The highest BCUT2D eigenvalue weighted by Gasteiger charge is 2.19. The first-order valence-corrected chi connectivity index (χ1v) is 9.81. The second kappa shape index (κ2) is 7.52. The summed E-state index contributed by atoms with van der Waals surface area (Å²) in [7, 11) is 0. The molecule has 142 valence electrons. The fourth-order valence-corrected chi connectivity index (χ4v) is 3.85. The standard InChI is InChI=1S/C21H19N3O3S/c1-13-11-18(14(2)24(13)16-7-5-4-6-8-16)19(25)12-28-21-23-22-20(27-21)17-9-10-26-15(17)3/h4-11H,12H2,1-3H3. The molecule has 4 aromatic rings. The monoisotopic (exact) mass is 393 g/mol. The van der Waals surface area contributed by atoms with Crippen LogP contribution in [-0.2, 0) is 0 Å². The van der Waals surface area contributed by atoms with Crippen molar-refractivity contribution < 1.29 is 13.6 Å². The average molecular weight is 393 g/mol. The Morgan fingerprint density at radius 1 is 1.11 bits per heavy atom. The molecule has 0 aliphatic rings. The maximum atomic E-state index is 12.8. The SMILES string of the molecule is Cc1occc1-c1nnc(SCC(=O)c2cc(C)n(-c3ccccc3)c2C)o1. The molecular formula is C21H19N3O3S. The van der Waals surface area contributed by atoms with Gasteiger partial charge in [-0.15, -0.1) is 10.2 Å². The molecule has 0 aliphatic heterocycles. The Labute approximate surface area is 166 Å². The quantitative estimate of drug-likeness (QED) is 0.338. The number of aryl methyl sites for hydroxylation is 2. The number of hydrogen-bond donors (Lipinski definition) is 0. The molecule has 3 heterocycles. The molecule has 1 aromatic carbocycles. The molecule has 0 bridgehead atoms. The zero-order chi connectivity index (χ0) is 19.7. The lowest BCUT2D eigenvalue weighted by atomic mass is 10.2. The molecule has 0 fully saturated rings. The molecule has 4 rings (SSSR count). The van der Waals surface area contributed by atoms with Crippen molar-refractivity contribution in [2.24, 2.45) is 0 Å². The number of Topliss-reactive ketones (excluding diaryl/α,β-unsaturated/α-hetero) is 1. The Kier molecular flexibility index (Phi) is 4.92. The summed E-state index contributed by atoms with van der Waals surface area (Å²) in [6.45, 7) is 5.80. The van der Waals surface area contributed by atoms with Crippen molar-refractivity contribution in [1.29, 1.82) is 0 Å². The van der Waals surface area contributed by atoms with Gasteiger partial charge in [0, 0.05) is 22.6 Å². The number of furan rings is 1. The van der Waals surface area contributed by atoms with Gasteiger partial charge in [0.05, 0.1) is 17.6 Å². The molecule has 3 aromatic heterocycles. The molecule has 0 saturated carbocycles. The van der Waals surface area contributed by atoms with E-state index in [9.17, 15) is 4.79 Å². The van der Waals surface area contributed by atoms with Gasteiger partial charge in [-0.25, -0.2) is 0 Å². The number of benzene rings is 1. The molecule has 0 aliphatic carbocycles. The van der Waals surface area contributed by atoms with Crippen LogP contribution in [0.25, 0.3) is 17.1 Å². The van der Waals surface area contributed by atoms with Crippen LogP contribution in [0.15, 0.2) is 62.8 Å². The first-order valence-electron chi connectivity index (χ1n) is 8.83. The van der Waals surface area contributed by atoms with E-state index >= 15 is 0 Å². The van der Waals surface area contributed by atoms with E-state index in [2.05, 4.69) is 14.8 Å². The summed E-state index contributed by atoms with van der Waals surface area (Å²) in [5.74, 6) is 1.36. The van der Waals surface area contributed by atoms with E-state index in [1.807, 2.05) is 57.2 Å². The third-order valence-corrected chi connectivity index (χ3v) is 5.39. The number of thioether (sulfide) groups is 1. The molecular weight excluding hydrogens is 374 g/mol. The van der Waals surface area contributed by atoms with Crippen LogP contribution in [0.2, 0.25) is 0 Å². The lowest BCUT2D eigenvalue weighted by Gasteiger charge is -2.09. The highest BCUT2D eigenvalue weighted by Crippen LogP contribution is 2.27. The highest BCUT2D eigenvalue weighted by molar-refractivity contribution is 7.99. The first-order chi connectivity index (χ1) is 13.5. The third kappa shape index (κ3) is 3.41. The Hall–Kier alpha value is -3.06. The van der Waals surface area contributed by atoms with Gasteiger partial charge in [-0.2, -0.15) is 0 Å². The smallest absolute Gasteiger partial charge is 0.277 e. The lowest BCUT2D eigenvalue weighted by molar-refractivity contribution is 0.102. The van der Waals surface area contributed by atoms with Crippen LogP contribution in [0, 0.1) is 20.8 Å². The van der Waals surface area contributed by atoms with Gasteiger partial charge in [0.15, 0.2) is 5.78 Å². The van der Waals surface area contributed by atoms with E-state index in [4.69, 9.17) is 8.83 Å². The molecule has 0 saturated heterocycles. The molecule has 7 heteroatoms. The summed E-state index contributed by atoms with van der Waals surface area (Å²) in [6, 6.07) is 13.7. The average Bonchev–Trinajstić information content (AvgIpc) is 3.39. The molecule has 0 radical (unpaired) electrons. The molecule has 0 amide bonds. The predicted molar refractivity (Wildman–Crippen MR) is 107 cm³/mol. The van der Waals surface area contributed by atoms with Crippen LogP contribution in [0.4, 0.5) is 0 Å². The van der Waals surface area contributed by atoms with E-state index < -0.39 is 0 Å². The second-order valence-electron chi connectivity index (χ2n) is 6.43. The van der Waals surface area contributed by atoms with E-state index in [1.165, 1.54) is 11.8 Å². The van der Waals surface area contributed by atoms with Crippen molar-refractivity contribution in [3.05, 3.63) is 71.4 Å². The van der Waals surface area contributed by atoms with Crippen LogP contribution in [0.1, 0.15) is 27.5 Å². The van der Waals surface area contributed by atoms with Crippen molar-refractivity contribution in [1.82, 2.24) is 14.8 Å². The summed E-state index contributed by atoms with van der Waals surface area (Å²) in [5, 5.41) is 8.41. The molecule has 0 spiro atoms. The van der Waals surface area contributed by atoms with Gasteiger partial charge in [0.25, 0.3) is 11.1 Å². The van der Waals surface area contributed by atoms with Gasteiger partial charge in [0.1, 0.15) is 5.76 Å². The van der Waals surface area contributed by atoms with Gasteiger partial charge in [-0.05, 0) is 45.0 Å². The summed E-state index contributed by atoms with van der Waals surface area (Å²) in [5.41, 5.74) is 4.46. The normalized spacial score (nSPS) is 11.1. The number of ketones is 1. The van der Waals surface area contributed by atoms with E-state index in [0.29, 0.717) is 22.4 Å². The number of nitrogens with zero attached hydrogens (tertiary/aromatic N) is 3. The summed E-state index contributed by atoms with van der Waals surface area (Å²) < 4.78 is 13.0. The van der Waals surface area contributed by atoms with Crippen molar-refractivity contribution in [3.63, 3.8) is 0 Å². The second-order valence-corrected chi connectivity index (χ2v) is 7.36. The number of aromatic nitrogens is 3. The van der Waals surface area contributed by atoms with Gasteiger partial charge < -0.3 is 13.4 Å². The molecule has 28 heavy (non-hydrogen) atoms. The van der Waals surface area contributed by atoms with Gasteiger partial charge >= 0.3 is 0 Å². The van der Waals surface area contributed by atoms with Crippen LogP contribution in [-0.4, -0.2) is 26.3 Å². The van der Waals surface area contributed by atoms with Crippen LogP contribution >= 0.6 is 11.8 Å². The maximum Gasteiger partial charge on any atom is 0.277 e. The fourth-order valence-electron chi connectivity index (χ4n) is 3.21. The van der Waals surface area contributed by atoms with Crippen molar-refractivity contribution in [2.75, 3.05) is 5.75 Å². The van der Waals surface area contributed by atoms with Gasteiger partial charge in [-0.3, -0.25) is 4.79 Å². The zero-order valence-corrected chi connectivity index (χ0v) is 16.6. The topological polar surface area (TPSA) is 74.1 Å². The number of carbonyl (C=O) groups is 1. The van der Waals surface area contributed by atoms with E-state index in [-0.39, 0.29) is 11.5 Å². The first kappa shape index (κ1) is 18.3. The van der Waals surface area contributed by atoms with Crippen molar-refractivity contribution in [2.45, 2.75) is 26.0 Å². The maximum absolute atomic E-state index is 12.8. The van der Waals surface area contributed by atoms with E-state index in [0.717, 1.165) is 22.6 Å². The number of carbonyl (C=O) groups excluding carboxylic acids is 1. The summed E-state index contributed by atoms with van der Waals surface area (Å²) in [4.78, 5) is 12.8. The van der Waals surface area contributed by atoms with Crippen LogP contribution in [0.5, 0.6) is 0 Å². The van der Waals surface area contributed by atoms with Gasteiger partial charge in [0.2, 0.25) is 0 Å². The Bertz CT molecular complexity index is 1130. The molecule has 0 N–H and O–H groups in total. The fraction of sp³-hybridized carbons (Fsp3) is 0.190. The Morgan fingerprint density at radius 3 is 2.61 bits per heavy atom. The zero-order valence-electron chi connectivity index (χ0n) is 15.8. The molecule has 6 nitrogen and oxygen atoms in total. The summed E-state index contributed by atoms with van der Waals surface area (Å²) >= 11 is 1.24. The number of rotatable bonds is 6.